The molecule has 0 aliphatic heterocycles. The SMILES string of the molecule is O=C(O)c1ccccc1Oc1ncc(Cl)cc1NS(=O)(=O)c1cc2ccccc2o1. The molecule has 152 valence electrons. The fraction of sp³-hybridized carbons (Fsp3) is 0. The zero-order valence-corrected chi connectivity index (χ0v) is 16.6. The Morgan fingerprint density at radius 3 is 2.60 bits per heavy atom. The standard InChI is InChI=1S/C20H13ClN2O6S/c21-13-10-15(19(22-11-13)29-17-8-4-2-6-14(17)20(24)25)23-30(26,27)18-9-12-5-1-3-7-16(12)28-18/h1-11,23H,(H,24,25). The van der Waals surface area contributed by atoms with Crippen molar-refractivity contribution in [2.24, 2.45) is 0 Å². The highest BCUT2D eigenvalue weighted by atomic mass is 35.5. The van der Waals surface area contributed by atoms with Gasteiger partial charge in [0.1, 0.15) is 22.6 Å². The van der Waals surface area contributed by atoms with Gasteiger partial charge in [0.2, 0.25) is 11.0 Å². The summed E-state index contributed by atoms with van der Waals surface area (Å²) in [6, 6.07) is 15.4. The maximum atomic E-state index is 12.8. The van der Waals surface area contributed by atoms with Crippen molar-refractivity contribution in [2.75, 3.05) is 4.72 Å². The molecule has 8 nitrogen and oxygen atoms in total. The molecule has 30 heavy (non-hydrogen) atoms. The molecule has 0 aliphatic carbocycles. The summed E-state index contributed by atoms with van der Waals surface area (Å²) in [4.78, 5) is 15.4. The van der Waals surface area contributed by atoms with E-state index in [1.54, 1.807) is 30.3 Å². The van der Waals surface area contributed by atoms with E-state index in [4.69, 9.17) is 20.8 Å². The molecule has 0 bridgehead atoms. The van der Waals surface area contributed by atoms with Crippen LogP contribution in [0.2, 0.25) is 5.02 Å². The largest absolute Gasteiger partial charge is 0.478 e. The number of carbonyl (C=O) groups is 1. The number of benzene rings is 2. The second kappa shape index (κ2) is 7.69. The number of nitrogens with zero attached hydrogens (tertiary/aromatic N) is 1. The average molecular weight is 445 g/mol. The molecular formula is C20H13ClN2O6S. The summed E-state index contributed by atoms with van der Waals surface area (Å²) in [5.74, 6) is -1.39. The number of anilines is 1. The number of halogens is 1. The zero-order chi connectivity index (χ0) is 21.3. The van der Waals surface area contributed by atoms with Gasteiger partial charge in [0.15, 0.2) is 0 Å². The number of hydrogen-bond donors (Lipinski definition) is 2. The number of carboxylic acid groups (broad SMARTS) is 1. The summed E-state index contributed by atoms with van der Waals surface area (Å²) in [5, 5.41) is 9.78. The fourth-order valence-electron chi connectivity index (χ4n) is 2.70. The van der Waals surface area contributed by atoms with Gasteiger partial charge >= 0.3 is 5.97 Å². The van der Waals surface area contributed by atoms with Crippen LogP contribution in [0.25, 0.3) is 11.0 Å². The van der Waals surface area contributed by atoms with Crippen LogP contribution in [-0.4, -0.2) is 24.5 Å². The summed E-state index contributed by atoms with van der Waals surface area (Å²) in [5.41, 5.74) is 0.220. The van der Waals surface area contributed by atoms with E-state index in [1.807, 2.05) is 0 Å². The van der Waals surface area contributed by atoms with Crippen LogP contribution in [0.4, 0.5) is 5.69 Å². The maximum Gasteiger partial charge on any atom is 0.339 e. The van der Waals surface area contributed by atoms with Gasteiger partial charge in [0.25, 0.3) is 10.0 Å². The van der Waals surface area contributed by atoms with Crippen LogP contribution in [-0.2, 0) is 10.0 Å². The van der Waals surface area contributed by atoms with E-state index in [0.29, 0.717) is 11.0 Å². The molecule has 10 heteroatoms. The van der Waals surface area contributed by atoms with Gasteiger partial charge in [-0.05, 0) is 24.3 Å². The first-order valence-corrected chi connectivity index (χ1v) is 10.4. The molecule has 0 unspecified atom stereocenters. The maximum absolute atomic E-state index is 12.8. The smallest absolute Gasteiger partial charge is 0.339 e. The third-order valence-corrected chi connectivity index (χ3v) is 5.48. The third-order valence-electron chi connectivity index (χ3n) is 4.05. The van der Waals surface area contributed by atoms with Gasteiger partial charge in [0.05, 0.1) is 5.02 Å². The lowest BCUT2D eigenvalue weighted by molar-refractivity contribution is 0.0694. The lowest BCUT2D eigenvalue weighted by atomic mass is 10.2. The van der Waals surface area contributed by atoms with Crippen LogP contribution < -0.4 is 9.46 Å². The molecule has 0 spiro atoms. The third kappa shape index (κ3) is 3.93. The van der Waals surface area contributed by atoms with Crippen molar-refractivity contribution in [3.63, 3.8) is 0 Å². The molecule has 4 rings (SSSR count). The van der Waals surface area contributed by atoms with Crippen LogP contribution in [0.1, 0.15) is 10.4 Å². The van der Waals surface area contributed by atoms with Crippen LogP contribution in [0.15, 0.2) is 76.4 Å². The molecule has 0 radical (unpaired) electrons. The number of para-hydroxylation sites is 2. The molecule has 0 saturated carbocycles. The van der Waals surface area contributed by atoms with E-state index in [-0.39, 0.29) is 33.0 Å². The van der Waals surface area contributed by atoms with Crippen LogP contribution in [0.3, 0.4) is 0 Å². The number of nitrogens with one attached hydrogen (secondary N) is 1. The summed E-state index contributed by atoms with van der Waals surface area (Å²) >= 11 is 5.97. The van der Waals surface area contributed by atoms with Gasteiger partial charge in [-0.3, -0.25) is 4.72 Å². The second-order valence-electron chi connectivity index (χ2n) is 6.12. The normalized spacial score (nSPS) is 11.4. The molecule has 0 amide bonds. The van der Waals surface area contributed by atoms with Gasteiger partial charge in [-0.25, -0.2) is 9.78 Å². The number of pyridine rings is 1. The number of rotatable bonds is 6. The Bertz CT molecular complexity index is 1330. The van der Waals surface area contributed by atoms with Crippen LogP contribution in [0.5, 0.6) is 11.6 Å². The number of ether oxygens (including phenoxy) is 1. The van der Waals surface area contributed by atoms with E-state index in [1.165, 1.54) is 36.5 Å². The van der Waals surface area contributed by atoms with Gasteiger partial charge in [-0.15, -0.1) is 0 Å². The van der Waals surface area contributed by atoms with E-state index in [2.05, 4.69) is 9.71 Å². The summed E-state index contributed by atoms with van der Waals surface area (Å²) in [7, 11) is -4.14. The summed E-state index contributed by atoms with van der Waals surface area (Å²) < 4.78 is 39.0. The van der Waals surface area contributed by atoms with Crippen molar-refractivity contribution in [1.29, 1.82) is 0 Å². The molecule has 2 heterocycles. The molecule has 2 N–H and O–H groups in total. The molecule has 4 aromatic rings. The molecule has 2 aromatic heterocycles. The lowest BCUT2D eigenvalue weighted by Crippen LogP contribution is -2.13. The minimum atomic E-state index is -4.14. The highest BCUT2D eigenvalue weighted by Crippen LogP contribution is 2.33. The first kappa shape index (κ1) is 19.7. The number of fused-ring (bicyclic) bond motifs is 1. The van der Waals surface area contributed by atoms with E-state index in [9.17, 15) is 18.3 Å². The van der Waals surface area contributed by atoms with Crippen molar-refractivity contribution >= 4 is 44.3 Å². The van der Waals surface area contributed by atoms with Crippen molar-refractivity contribution in [2.45, 2.75) is 5.09 Å². The molecule has 0 aliphatic rings. The Labute approximate surface area is 175 Å². The quantitative estimate of drug-likeness (QED) is 0.439. The van der Waals surface area contributed by atoms with Gasteiger partial charge < -0.3 is 14.3 Å². The van der Waals surface area contributed by atoms with E-state index in [0.717, 1.165) is 0 Å². The van der Waals surface area contributed by atoms with E-state index >= 15 is 0 Å². The van der Waals surface area contributed by atoms with Gasteiger partial charge in [0, 0.05) is 17.6 Å². The minimum absolute atomic E-state index is 0.0102. The summed E-state index contributed by atoms with van der Waals surface area (Å²) in [6.45, 7) is 0. The fourth-order valence-corrected chi connectivity index (χ4v) is 3.88. The zero-order valence-electron chi connectivity index (χ0n) is 15.1. The Kier molecular flexibility index (Phi) is 5.06. The number of aromatic nitrogens is 1. The predicted octanol–water partition coefficient (Wildman–Crippen LogP) is 4.77. The van der Waals surface area contributed by atoms with E-state index < -0.39 is 16.0 Å². The summed E-state index contributed by atoms with van der Waals surface area (Å²) in [6.07, 6.45) is 1.25. The highest BCUT2D eigenvalue weighted by Gasteiger charge is 2.23. The topological polar surface area (TPSA) is 119 Å². The lowest BCUT2D eigenvalue weighted by Gasteiger charge is -2.13. The number of carboxylic acids is 1. The Morgan fingerprint density at radius 2 is 1.83 bits per heavy atom. The number of sulfonamides is 1. The Morgan fingerprint density at radius 1 is 1.10 bits per heavy atom. The van der Waals surface area contributed by atoms with Crippen LogP contribution in [0, 0.1) is 0 Å². The average Bonchev–Trinajstić information content (AvgIpc) is 3.15. The van der Waals surface area contributed by atoms with Crippen molar-refractivity contribution in [3.05, 3.63) is 77.4 Å². The first-order chi connectivity index (χ1) is 14.3. The second-order valence-corrected chi connectivity index (χ2v) is 8.17. The highest BCUT2D eigenvalue weighted by molar-refractivity contribution is 7.92. The molecule has 2 aromatic carbocycles. The van der Waals surface area contributed by atoms with Gasteiger partial charge in [-0.1, -0.05) is 41.9 Å². The first-order valence-electron chi connectivity index (χ1n) is 8.50. The molecular weight excluding hydrogens is 432 g/mol. The monoisotopic (exact) mass is 444 g/mol. The van der Waals surface area contributed by atoms with Crippen LogP contribution >= 0.6 is 11.6 Å². The van der Waals surface area contributed by atoms with Crippen molar-refractivity contribution in [3.8, 4) is 11.6 Å². The molecule has 0 atom stereocenters. The van der Waals surface area contributed by atoms with Gasteiger partial charge in [-0.2, -0.15) is 8.42 Å². The molecule has 0 saturated heterocycles. The number of furan rings is 1. The van der Waals surface area contributed by atoms with Crippen molar-refractivity contribution in [1.82, 2.24) is 4.98 Å². The number of hydrogen-bond acceptors (Lipinski definition) is 6. The van der Waals surface area contributed by atoms with Crippen molar-refractivity contribution < 1.29 is 27.5 Å². The predicted molar refractivity (Wildman–Crippen MR) is 110 cm³/mol. The number of aromatic carboxylic acids is 1. The molecule has 0 fully saturated rings. The Balaban J connectivity index is 1.71. The Hall–Kier alpha value is -3.56. The minimum Gasteiger partial charge on any atom is -0.478 e.